The minimum atomic E-state index is -1.01. The summed E-state index contributed by atoms with van der Waals surface area (Å²) in [5.41, 5.74) is 8.59. The smallest absolute Gasteiger partial charge is 0.322 e. The van der Waals surface area contributed by atoms with Crippen LogP contribution in [0.1, 0.15) is 17.3 Å². The topological polar surface area (TPSA) is 91.1 Å². The van der Waals surface area contributed by atoms with Crippen LogP contribution in [-0.2, 0) is 4.79 Å². The molecule has 5 N–H and O–H groups in total. The quantitative estimate of drug-likeness (QED) is 0.652. The highest BCUT2D eigenvalue weighted by Crippen LogP contribution is 2.29. The fraction of sp³-hybridized carbons (Fsp3) is 0.308. The number of benzene rings is 1. The maximum atomic E-state index is 11.1. The van der Waals surface area contributed by atoms with Gasteiger partial charge in [0, 0.05) is 16.6 Å². The van der Waals surface area contributed by atoms with Gasteiger partial charge in [0.2, 0.25) is 0 Å². The van der Waals surface area contributed by atoms with Crippen LogP contribution in [0.2, 0.25) is 0 Å². The number of likely N-dealkylation sites (N-methyl/N-ethyl adjacent to an activating group) is 1. The molecule has 0 spiro atoms. The Morgan fingerprint density at radius 2 is 2.11 bits per heavy atom. The molecule has 1 aromatic heterocycles. The number of para-hydroxylation sites is 1. The molecule has 2 unspecified atom stereocenters. The van der Waals surface area contributed by atoms with Gasteiger partial charge in [-0.15, -0.1) is 0 Å². The third-order valence-electron chi connectivity index (χ3n) is 3.21. The summed E-state index contributed by atoms with van der Waals surface area (Å²) in [6.45, 7) is 1.92. The Balaban J connectivity index is 2.57. The van der Waals surface area contributed by atoms with Crippen molar-refractivity contribution in [3.63, 3.8) is 0 Å². The molecule has 0 saturated carbocycles. The lowest BCUT2D eigenvalue weighted by Crippen LogP contribution is -2.42. The average molecular weight is 247 g/mol. The van der Waals surface area contributed by atoms with Crippen LogP contribution in [0.5, 0.6) is 0 Å². The van der Waals surface area contributed by atoms with Gasteiger partial charge >= 0.3 is 5.97 Å². The number of fused-ring (bicyclic) bond motifs is 1. The zero-order valence-corrected chi connectivity index (χ0v) is 10.4. The molecule has 18 heavy (non-hydrogen) atoms. The number of carboxylic acids is 1. The van der Waals surface area contributed by atoms with E-state index >= 15 is 0 Å². The Morgan fingerprint density at radius 1 is 1.44 bits per heavy atom. The zero-order chi connectivity index (χ0) is 13.3. The number of rotatable bonds is 4. The van der Waals surface area contributed by atoms with E-state index in [2.05, 4.69) is 10.3 Å². The van der Waals surface area contributed by atoms with Crippen molar-refractivity contribution in [3.8, 4) is 0 Å². The van der Waals surface area contributed by atoms with E-state index in [-0.39, 0.29) is 0 Å². The number of aryl methyl sites for hydroxylation is 1. The van der Waals surface area contributed by atoms with E-state index in [4.69, 9.17) is 10.8 Å². The van der Waals surface area contributed by atoms with Gasteiger partial charge in [0.25, 0.3) is 0 Å². The van der Waals surface area contributed by atoms with Crippen molar-refractivity contribution in [1.82, 2.24) is 10.3 Å². The molecule has 0 saturated heterocycles. The highest BCUT2D eigenvalue weighted by molar-refractivity contribution is 5.86. The van der Waals surface area contributed by atoms with Gasteiger partial charge < -0.3 is 21.1 Å². The summed E-state index contributed by atoms with van der Waals surface area (Å²) >= 11 is 0. The molecule has 2 rings (SSSR count). The largest absolute Gasteiger partial charge is 0.480 e. The molecule has 2 aromatic rings. The molecule has 0 bridgehead atoms. The van der Waals surface area contributed by atoms with Crippen molar-refractivity contribution < 1.29 is 9.90 Å². The monoisotopic (exact) mass is 247 g/mol. The summed E-state index contributed by atoms with van der Waals surface area (Å²) in [4.78, 5) is 14.3. The first-order valence-corrected chi connectivity index (χ1v) is 5.79. The fourth-order valence-electron chi connectivity index (χ4n) is 2.35. The van der Waals surface area contributed by atoms with E-state index in [1.54, 1.807) is 7.05 Å². The molecular weight excluding hydrogens is 230 g/mol. The molecule has 1 heterocycles. The molecule has 0 fully saturated rings. The third kappa shape index (κ3) is 1.98. The van der Waals surface area contributed by atoms with Crippen molar-refractivity contribution in [3.05, 3.63) is 35.5 Å². The van der Waals surface area contributed by atoms with Crippen LogP contribution in [0.15, 0.2) is 24.3 Å². The molecule has 0 radical (unpaired) electrons. The summed E-state index contributed by atoms with van der Waals surface area (Å²) in [5.74, 6) is -1.01. The van der Waals surface area contributed by atoms with Crippen LogP contribution in [0.3, 0.4) is 0 Å². The lowest BCUT2D eigenvalue weighted by molar-refractivity contribution is -0.139. The molecule has 5 heteroatoms. The van der Waals surface area contributed by atoms with Crippen molar-refractivity contribution in [2.24, 2.45) is 5.73 Å². The molecule has 0 aliphatic carbocycles. The minimum absolute atomic E-state index is 0.418. The highest BCUT2D eigenvalue weighted by atomic mass is 16.4. The van der Waals surface area contributed by atoms with Gasteiger partial charge in [-0.1, -0.05) is 18.2 Å². The van der Waals surface area contributed by atoms with E-state index in [1.807, 2.05) is 31.2 Å². The summed E-state index contributed by atoms with van der Waals surface area (Å²) in [6, 6.07) is 6.40. The predicted molar refractivity (Wildman–Crippen MR) is 70.4 cm³/mol. The number of aromatic amines is 1. The lowest BCUT2D eigenvalue weighted by atomic mass is 9.97. The number of nitrogens with two attached hydrogens (primary N) is 1. The molecule has 5 nitrogen and oxygen atoms in total. The SMILES string of the molecule is CNC(c1c(C)[nH]c2ccccc12)C(N)C(=O)O. The van der Waals surface area contributed by atoms with Gasteiger partial charge in [-0.25, -0.2) is 0 Å². The molecule has 0 amide bonds. The average Bonchev–Trinajstić information content (AvgIpc) is 2.67. The lowest BCUT2D eigenvalue weighted by Gasteiger charge is -2.21. The number of H-pyrrole nitrogens is 1. The van der Waals surface area contributed by atoms with Crippen LogP contribution in [-0.4, -0.2) is 29.1 Å². The van der Waals surface area contributed by atoms with E-state index in [1.165, 1.54) is 0 Å². The number of hydrogen-bond donors (Lipinski definition) is 4. The van der Waals surface area contributed by atoms with Crippen LogP contribution in [0.25, 0.3) is 10.9 Å². The Kier molecular flexibility index (Phi) is 3.36. The first kappa shape index (κ1) is 12.6. The number of aliphatic carboxylic acids is 1. The van der Waals surface area contributed by atoms with Gasteiger partial charge in [0.15, 0.2) is 0 Å². The van der Waals surface area contributed by atoms with E-state index < -0.39 is 18.1 Å². The number of aromatic nitrogens is 1. The van der Waals surface area contributed by atoms with Crippen LogP contribution >= 0.6 is 0 Å². The van der Waals surface area contributed by atoms with Gasteiger partial charge in [0.05, 0.1) is 6.04 Å². The van der Waals surface area contributed by atoms with Gasteiger partial charge in [0.1, 0.15) is 6.04 Å². The van der Waals surface area contributed by atoms with Crippen LogP contribution in [0, 0.1) is 6.92 Å². The summed E-state index contributed by atoms with van der Waals surface area (Å²) in [6.07, 6.45) is 0. The maximum absolute atomic E-state index is 11.1. The standard InChI is InChI=1S/C13H17N3O2/c1-7-10(12(15-2)11(14)13(17)18)8-5-3-4-6-9(8)16-7/h3-6,11-12,15-16H,14H2,1-2H3,(H,17,18). The number of carbonyl (C=O) groups is 1. The summed E-state index contributed by atoms with van der Waals surface area (Å²) < 4.78 is 0. The van der Waals surface area contributed by atoms with Crippen molar-refractivity contribution in [1.29, 1.82) is 0 Å². The number of carboxylic acid groups (broad SMARTS) is 1. The van der Waals surface area contributed by atoms with Gasteiger partial charge in [-0.2, -0.15) is 0 Å². The van der Waals surface area contributed by atoms with Gasteiger partial charge in [-0.3, -0.25) is 4.79 Å². The second-order valence-corrected chi connectivity index (χ2v) is 4.34. The normalized spacial score (nSPS) is 14.6. The molecule has 1 aromatic carbocycles. The number of hydrogen-bond acceptors (Lipinski definition) is 3. The van der Waals surface area contributed by atoms with Crippen LogP contribution < -0.4 is 11.1 Å². The molecule has 96 valence electrons. The van der Waals surface area contributed by atoms with Crippen molar-refractivity contribution in [2.75, 3.05) is 7.05 Å². The van der Waals surface area contributed by atoms with Crippen molar-refractivity contribution >= 4 is 16.9 Å². The second kappa shape index (κ2) is 4.80. The van der Waals surface area contributed by atoms with E-state index in [9.17, 15) is 4.79 Å². The Morgan fingerprint density at radius 3 is 2.72 bits per heavy atom. The third-order valence-corrected chi connectivity index (χ3v) is 3.21. The molecule has 0 aliphatic heterocycles. The first-order chi connectivity index (χ1) is 8.56. The summed E-state index contributed by atoms with van der Waals surface area (Å²) in [5, 5.41) is 13.1. The number of nitrogens with one attached hydrogen (secondary N) is 2. The highest BCUT2D eigenvalue weighted by Gasteiger charge is 2.28. The van der Waals surface area contributed by atoms with E-state index in [0.29, 0.717) is 0 Å². The predicted octanol–water partition coefficient (Wildman–Crippen LogP) is 1.15. The Hall–Kier alpha value is -1.85. The molecular formula is C13H17N3O2. The first-order valence-electron chi connectivity index (χ1n) is 5.79. The molecule has 2 atom stereocenters. The fourth-order valence-corrected chi connectivity index (χ4v) is 2.35. The Bertz CT molecular complexity index is 577. The van der Waals surface area contributed by atoms with Crippen LogP contribution in [0.4, 0.5) is 0 Å². The Labute approximate surface area is 105 Å². The minimum Gasteiger partial charge on any atom is -0.480 e. The van der Waals surface area contributed by atoms with Crippen molar-refractivity contribution in [2.45, 2.75) is 19.0 Å². The van der Waals surface area contributed by atoms with E-state index in [0.717, 1.165) is 22.2 Å². The van der Waals surface area contributed by atoms with Gasteiger partial charge in [-0.05, 0) is 25.6 Å². The second-order valence-electron chi connectivity index (χ2n) is 4.34. The maximum Gasteiger partial charge on any atom is 0.322 e. The summed E-state index contributed by atoms with van der Waals surface area (Å²) in [7, 11) is 1.72. The zero-order valence-electron chi connectivity index (χ0n) is 10.4. The molecule has 0 aliphatic rings.